The number of nitrogens with zero attached hydrogens (tertiary/aromatic N) is 4. The van der Waals surface area contributed by atoms with Gasteiger partial charge in [0, 0.05) is 23.3 Å². The summed E-state index contributed by atoms with van der Waals surface area (Å²) in [4.78, 5) is 29.5. The molecule has 0 fully saturated rings. The van der Waals surface area contributed by atoms with Gasteiger partial charge in [0.15, 0.2) is 11.2 Å². The third-order valence-corrected chi connectivity index (χ3v) is 4.58. The van der Waals surface area contributed by atoms with Crippen LogP contribution in [0.5, 0.6) is 5.75 Å². The van der Waals surface area contributed by atoms with Gasteiger partial charge >= 0.3 is 0 Å². The molecule has 3 aromatic carbocycles. The maximum Gasteiger partial charge on any atom is 0.273 e. The van der Waals surface area contributed by atoms with Crippen molar-refractivity contribution in [3.05, 3.63) is 74.8 Å². The van der Waals surface area contributed by atoms with Gasteiger partial charge in [-0.2, -0.15) is 0 Å². The van der Waals surface area contributed by atoms with E-state index in [4.69, 9.17) is 8.83 Å². The first-order valence-electron chi connectivity index (χ1n) is 8.82. The van der Waals surface area contributed by atoms with E-state index in [2.05, 4.69) is 9.97 Å². The molecule has 31 heavy (non-hydrogen) atoms. The number of hydrogen-bond donors (Lipinski definition) is 1. The van der Waals surface area contributed by atoms with Gasteiger partial charge in [-0.25, -0.2) is 9.97 Å². The summed E-state index contributed by atoms with van der Waals surface area (Å²) in [5.74, 6) is 0.160. The first-order chi connectivity index (χ1) is 14.9. The fraction of sp³-hybridized carbons (Fsp3) is 0. The number of aromatic nitrogens is 2. The molecule has 0 atom stereocenters. The van der Waals surface area contributed by atoms with Crippen LogP contribution in [0.15, 0.2) is 63.4 Å². The molecular formula is C20H10N4O7. The minimum Gasteiger partial charge on any atom is -0.508 e. The molecule has 2 heterocycles. The van der Waals surface area contributed by atoms with Crippen molar-refractivity contribution in [1.82, 2.24) is 9.97 Å². The van der Waals surface area contributed by atoms with Gasteiger partial charge in [0.2, 0.25) is 11.8 Å². The Kier molecular flexibility index (Phi) is 3.90. The number of oxazole rings is 2. The molecular weight excluding hydrogens is 408 g/mol. The molecule has 1 N–H and O–H groups in total. The van der Waals surface area contributed by atoms with Gasteiger partial charge in [0.25, 0.3) is 11.4 Å². The van der Waals surface area contributed by atoms with Crippen molar-refractivity contribution in [2.24, 2.45) is 0 Å². The van der Waals surface area contributed by atoms with Crippen molar-refractivity contribution in [2.45, 2.75) is 0 Å². The van der Waals surface area contributed by atoms with Gasteiger partial charge in [-0.05, 0) is 30.3 Å². The minimum absolute atomic E-state index is 0.117. The topological polar surface area (TPSA) is 159 Å². The molecule has 5 rings (SSSR count). The van der Waals surface area contributed by atoms with Crippen molar-refractivity contribution in [3.8, 4) is 28.7 Å². The summed E-state index contributed by atoms with van der Waals surface area (Å²) in [6.07, 6.45) is 0. The lowest BCUT2D eigenvalue weighted by Crippen LogP contribution is -1.86. The minimum atomic E-state index is -0.536. The smallest absolute Gasteiger partial charge is 0.273 e. The number of non-ortho nitro benzene ring substituents is 2. The number of nitro benzene ring substituents is 2. The molecule has 0 saturated carbocycles. The summed E-state index contributed by atoms with van der Waals surface area (Å²) in [5, 5.41) is 32.1. The quantitative estimate of drug-likeness (QED) is 0.319. The average Bonchev–Trinajstić information content (AvgIpc) is 3.36. The molecule has 0 radical (unpaired) electrons. The second-order valence-electron chi connectivity index (χ2n) is 6.62. The summed E-state index contributed by atoms with van der Waals surface area (Å²) in [6.45, 7) is 0. The predicted molar refractivity (Wildman–Crippen MR) is 107 cm³/mol. The highest BCUT2D eigenvalue weighted by Crippen LogP contribution is 2.34. The SMILES string of the molecule is O=[N+]([O-])c1ccc2nc(-c3cc(O)cc(-c4nc5ccc([N+](=O)[O-])cc5o4)c3)oc2c1. The molecule has 0 spiro atoms. The van der Waals surface area contributed by atoms with Crippen LogP contribution in [0, 0.1) is 20.2 Å². The molecule has 0 unspecified atom stereocenters. The second kappa shape index (κ2) is 6.62. The van der Waals surface area contributed by atoms with E-state index in [1.54, 1.807) is 6.07 Å². The number of rotatable bonds is 4. The molecule has 5 aromatic rings. The van der Waals surface area contributed by atoms with Crippen LogP contribution in [0.1, 0.15) is 0 Å². The Morgan fingerprint density at radius 3 is 1.58 bits per heavy atom. The molecule has 0 saturated heterocycles. The van der Waals surface area contributed by atoms with Gasteiger partial charge in [-0.3, -0.25) is 20.2 Å². The lowest BCUT2D eigenvalue weighted by Gasteiger charge is -2.01. The lowest BCUT2D eigenvalue weighted by molar-refractivity contribution is -0.384. The number of aromatic hydroxyl groups is 1. The number of nitro groups is 2. The van der Waals surface area contributed by atoms with E-state index in [0.29, 0.717) is 22.2 Å². The van der Waals surface area contributed by atoms with E-state index in [0.717, 1.165) is 0 Å². The summed E-state index contributed by atoms with van der Waals surface area (Å²) in [5.41, 5.74) is 1.80. The number of fused-ring (bicyclic) bond motifs is 2. The van der Waals surface area contributed by atoms with E-state index >= 15 is 0 Å². The van der Waals surface area contributed by atoms with Gasteiger partial charge in [-0.15, -0.1) is 0 Å². The van der Waals surface area contributed by atoms with Crippen LogP contribution in [0.25, 0.3) is 45.1 Å². The van der Waals surface area contributed by atoms with Crippen LogP contribution < -0.4 is 0 Å². The zero-order valence-electron chi connectivity index (χ0n) is 15.4. The number of benzene rings is 3. The average molecular weight is 418 g/mol. The van der Waals surface area contributed by atoms with Crippen molar-refractivity contribution in [2.75, 3.05) is 0 Å². The Labute approximate surface area is 171 Å². The molecule has 11 nitrogen and oxygen atoms in total. The fourth-order valence-corrected chi connectivity index (χ4v) is 3.16. The Morgan fingerprint density at radius 2 is 1.16 bits per heavy atom. The first kappa shape index (κ1) is 18.2. The Morgan fingerprint density at radius 1 is 0.710 bits per heavy atom. The summed E-state index contributed by atoms with van der Waals surface area (Å²) < 4.78 is 11.3. The second-order valence-corrected chi connectivity index (χ2v) is 6.62. The third kappa shape index (κ3) is 3.19. The number of phenols is 1. The van der Waals surface area contributed by atoms with E-state index < -0.39 is 9.85 Å². The summed E-state index contributed by atoms with van der Waals surface area (Å²) in [6, 6.07) is 12.5. The largest absolute Gasteiger partial charge is 0.508 e. The molecule has 152 valence electrons. The Balaban J connectivity index is 1.59. The van der Waals surface area contributed by atoms with Crippen LogP contribution >= 0.6 is 0 Å². The molecule has 0 amide bonds. The number of hydrogen-bond acceptors (Lipinski definition) is 9. The van der Waals surface area contributed by atoms with Crippen LogP contribution in [0.2, 0.25) is 0 Å². The standard InChI is InChI=1S/C20H10N4O7/c25-14-6-10(19-21-15-3-1-12(23(26)27)8-17(15)30-19)5-11(7-14)20-22-16-4-2-13(24(28)29)9-18(16)31-20/h1-9,25H. The Hall–Kier alpha value is -4.80. The summed E-state index contributed by atoms with van der Waals surface area (Å²) in [7, 11) is 0. The van der Waals surface area contributed by atoms with Crippen molar-refractivity contribution in [3.63, 3.8) is 0 Å². The zero-order valence-corrected chi connectivity index (χ0v) is 15.4. The highest BCUT2D eigenvalue weighted by atomic mass is 16.6. The zero-order chi connectivity index (χ0) is 21.7. The Bertz CT molecular complexity index is 1410. The van der Waals surface area contributed by atoms with Crippen molar-refractivity contribution >= 4 is 33.6 Å². The maximum absolute atomic E-state index is 11.0. The van der Waals surface area contributed by atoms with Gasteiger partial charge < -0.3 is 13.9 Å². The predicted octanol–water partition coefficient (Wildman–Crippen LogP) is 4.83. The number of phenolic OH excluding ortho intramolecular Hbond substituents is 1. The van der Waals surface area contributed by atoms with Crippen LogP contribution in [0.4, 0.5) is 11.4 Å². The molecule has 0 aliphatic rings. The highest BCUT2D eigenvalue weighted by molar-refractivity contribution is 5.81. The van der Waals surface area contributed by atoms with Crippen LogP contribution in [-0.2, 0) is 0 Å². The van der Waals surface area contributed by atoms with Crippen LogP contribution in [-0.4, -0.2) is 24.9 Å². The third-order valence-electron chi connectivity index (χ3n) is 4.58. The molecule has 11 heteroatoms. The van der Waals surface area contributed by atoms with E-state index in [1.165, 1.54) is 48.5 Å². The van der Waals surface area contributed by atoms with E-state index in [-0.39, 0.29) is 40.1 Å². The molecule has 2 aromatic heterocycles. The molecule has 0 aliphatic heterocycles. The van der Waals surface area contributed by atoms with Crippen molar-refractivity contribution < 1.29 is 23.8 Å². The first-order valence-corrected chi connectivity index (χ1v) is 8.82. The molecule has 0 bridgehead atoms. The maximum atomic E-state index is 11.0. The van der Waals surface area contributed by atoms with Gasteiger partial charge in [-0.1, -0.05) is 0 Å². The van der Waals surface area contributed by atoms with E-state index in [1.807, 2.05) is 0 Å². The lowest BCUT2D eigenvalue weighted by atomic mass is 10.1. The van der Waals surface area contributed by atoms with E-state index in [9.17, 15) is 25.3 Å². The highest BCUT2D eigenvalue weighted by Gasteiger charge is 2.17. The van der Waals surface area contributed by atoms with Crippen molar-refractivity contribution in [1.29, 1.82) is 0 Å². The molecule has 0 aliphatic carbocycles. The van der Waals surface area contributed by atoms with Crippen LogP contribution in [0.3, 0.4) is 0 Å². The fourth-order valence-electron chi connectivity index (χ4n) is 3.16. The normalized spacial score (nSPS) is 11.2. The summed E-state index contributed by atoms with van der Waals surface area (Å²) >= 11 is 0. The van der Waals surface area contributed by atoms with Gasteiger partial charge in [0.05, 0.1) is 22.0 Å². The van der Waals surface area contributed by atoms with Gasteiger partial charge in [0.1, 0.15) is 16.8 Å². The monoisotopic (exact) mass is 418 g/mol.